The molecule has 0 N–H and O–H groups in total. The zero-order chi connectivity index (χ0) is 23.1. The molecule has 1 amide bonds. The van der Waals surface area contributed by atoms with Crippen molar-refractivity contribution in [1.82, 2.24) is 4.90 Å². The molecular weight excluding hydrogens is 521 g/mol. The van der Waals surface area contributed by atoms with Crippen LogP contribution in [-0.4, -0.2) is 65.5 Å². The molecule has 0 saturated carbocycles. The van der Waals surface area contributed by atoms with E-state index in [2.05, 4.69) is 0 Å². The van der Waals surface area contributed by atoms with Gasteiger partial charge in [0.2, 0.25) is 0 Å². The van der Waals surface area contributed by atoms with Crippen LogP contribution in [0.4, 0.5) is 20.2 Å². The Morgan fingerprint density at radius 1 is 1.10 bits per heavy atom. The highest BCUT2D eigenvalue weighted by Crippen LogP contribution is 2.36. The summed E-state index contributed by atoms with van der Waals surface area (Å²) in [7, 11) is 7.89. The zero-order valence-electron chi connectivity index (χ0n) is 18.2. The van der Waals surface area contributed by atoms with Gasteiger partial charge in [-0.25, -0.2) is 8.78 Å². The number of halogens is 3. The topological polar surface area (TPSA) is 51.2 Å². The molecule has 2 aromatic carbocycles. The molecule has 0 aliphatic heterocycles. The zero-order valence-corrected chi connectivity index (χ0v) is 20.4. The fraction of sp³-hybridized carbons (Fsp3) is 0.409. The number of carbonyl (C=O) groups is 1. The second-order valence-electron chi connectivity index (χ2n) is 7.10. The number of carbonyl (C=O) groups excluding carboxylic acids is 1. The highest BCUT2D eigenvalue weighted by molar-refractivity contribution is 14.1. The van der Waals surface area contributed by atoms with Gasteiger partial charge in [-0.05, 0) is 46.9 Å². The third kappa shape index (κ3) is 6.50. The van der Waals surface area contributed by atoms with E-state index >= 15 is 0 Å². The van der Waals surface area contributed by atoms with Gasteiger partial charge in [0.15, 0.2) is 0 Å². The van der Waals surface area contributed by atoms with Crippen molar-refractivity contribution in [2.24, 2.45) is 0 Å². The SMILES string of the molecule is COC[C@@H](CCOc1cc(F)cc(N(C)c2ccc(I)cc2F)c1C(=O)N(C)C)OC. The Morgan fingerprint density at radius 2 is 1.81 bits per heavy atom. The highest BCUT2D eigenvalue weighted by atomic mass is 127. The van der Waals surface area contributed by atoms with E-state index in [0.29, 0.717) is 13.0 Å². The summed E-state index contributed by atoms with van der Waals surface area (Å²) in [6.45, 7) is 0.562. The maximum absolute atomic E-state index is 14.6. The molecule has 31 heavy (non-hydrogen) atoms. The van der Waals surface area contributed by atoms with Gasteiger partial charge in [0, 0.05) is 51.4 Å². The number of hydrogen-bond donors (Lipinski definition) is 0. The van der Waals surface area contributed by atoms with E-state index in [4.69, 9.17) is 14.2 Å². The first kappa shape index (κ1) is 25.3. The lowest BCUT2D eigenvalue weighted by atomic mass is 10.1. The van der Waals surface area contributed by atoms with Gasteiger partial charge in [-0.2, -0.15) is 0 Å². The van der Waals surface area contributed by atoms with E-state index in [1.165, 1.54) is 21.9 Å². The van der Waals surface area contributed by atoms with Crippen molar-refractivity contribution < 1.29 is 27.8 Å². The molecule has 0 aliphatic carbocycles. The number of anilines is 2. The maximum Gasteiger partial charge on any atom is 0.259 e. The Morgan fingerprint density at radius 3 is 2.39 bits per heavy atom. The lowest BCUT2D eigenvalue weighted by Gasteiger charge is -2.26. The van der Waals surface area contributed by atoms with Crippen LogP contribution >= 0.6 is 22.6 Å². The second-order valence-corrected chi connectivity index (χ2v) is 8.35. The summed E-state index contributed by atoms with van der Waals surface area (Å²) in [6.07, 6.45) is 0.280. The summed E-state index contributed by atoms with van der Waals surface area (Å²) in [5.41, 5.74) is 0.561. The van der Waals surface area contributed by atoms with Crippen molar-refractivity contribution in [3.8, 4) is 5.75 Å². The predicted molar refractivity (Wildman–Crippen MR) is 124 cm³/mol. The third-order valence-electron chi connectivity index (χ3n) is 4.68. The van der Waals surface area contributed by atoms with Crippen LogP contribution < -0.4 is 9.64 Å². The molecule has 0 saturated heterocycles. The maximum atomic E-state index is 14.6. The molecule has 0 spiro atoms. The number of amides is 1. The Kier molecular flexibility index (Phi) is 9.45. The van der Waals surface area contributed by atoms with Crippen LogP contribution in [0, 0.1) is 15.2 Å². The summed E-state index contributed by atoms with van der Waals surface area (Å²) in [6, 6.07) is 7.05. The van der Waals surface area contributed by atoms with Crippen LogP contribution in [0.5, 0.6) is 5.75 Å². The first-order chi connectivity index (χ1) is 14.7. The Hall–Kier alpha value is -1.98. The van der Waals surface area contributed by atoms with Crippen molar-refractivity contribution >= 4 is 39.9 Å². The van der Waals surface area contributed by atoms with Crippen molar-refractivity contribution in [2.75, 3.05) is 53.5 Å². The minimum atomic E-state index is -0.599. The van der Waals surface area contributed by atoms with Crippen LogP contribution in [-0.2, 0) is 9.47 Å². The molecule has 170 valence electrons. The number of benzene rings is 2. The lowest BCUT2D eigenvalue weighted by molar-refractivity contribution is 0.0160. The molecule has 0 aliphatic rings. The summed E-state index contributed by atoms with van der Waals surface area (Å²) in [5, 5.41) is 0. The average molecular weight is 548 g/mol. The lowest BCUT2D eigenvalue weighted by Crippen LogP contribution is -2.26. The smallest absolute Gasteiger partial charge is 0.259 e. The van der Waals surface area contributed by atoms with E-state index in [1.54, 1.807) is 47.5 Å². The number of hydrogen-bond acceptors (Lipinski definition) is 5. The molecule has 0 aromatic heterocycles. The molecule has 0 heterocycles. The van der Waals surface area contributed by atoms with Gasteiger partial charge in [-0.3, -0.25) is 4.79 Å². The summed E-state index contributed by atoms with van der Waals surface area (Å²) >= 11 is 2.01. The van der Waals surface area contributed by atoms with E-state index in [0.717, 1.165) is 9.64 Å². The summed E-state index contributed by atoms with van der Waals surface area (Å²) < 4.78 is 46.0. The highest BCUT2D eigenvalue weighted by Gasteiger charge is 2.25. The van der Waals surface area contributed by atoms with Crippen LogP contribution in [0.15, 0.2) is 30.3 Å². The van der Waals surface area contributed by atoms with Gasteiger partial charge in [0.05, 0.1) is 30.7 Å². The normalized spacial score (nSPS) is 11.9. The third-order valence-corrected chi connectivity index (χ3v) is 5.35. The van der Waals surface area contributed by atoms with Gasteiger partial charge in [-0.15, -0.1) is 0 Å². The molecule has 2 aromatic rings. The van der Waals surface area contributed by atoms with Gasteiger partial charge < -0.3 is 24.0 Å². The Balaban J connectivity index is 2.46. The largest absolute Gasteiger partial charge is 0.492 e. The minimum absolute atomic E-state index is 0.0822. The Bertz CT molecular complexity index is 911. The monoisotopic (exact) mass is 548 g/mol. The average Bonchev–Trinajstić information content (AvgIpc) is 2.71. The first-order valence-corrected chi connectivity index (χ1v) is 10.7. The molecule has 1 atom stereocenters. The van der Waals surface area contributed by atoms with E-state index < -0.39 is 11.6 Å². The molecule has 0 bridgehead atoms. The number of nitrogens with zero attached hydrogens (tertiary/aromatic N) is 2. The van der Waals surface area contributed by atoms with E-state index in [9.17, 15) is 13.6 Å². The molecular formula is C22H27F2IN2O4. The van der Waals surface area contributed by atoms with Crippen molar-refractivity contribution in [2.45, 2.75) is 12.5 Å². The van der Waals surface area contributed by atoms with Crippen LogP contribution in [0.25, 0.3) is 0 Å². The fourth-order valence-electron chi connectivity index (χ4n) is 3.02. The number of ether oxygens (including phenoxy) is 3. The van der Waals surface area contributed by atoms with Gasteiger partial charge in [0.25, 0.3) is 5.91 Å². The van der Waals surface area contributed by atoms with Crippen LogP contribution in [0.2, 0.25) is 0 Å². The van der Waals surface area contributed by atoms with Crippen molar-refractivity contribution in [3.05, 3.63) is 51.1 Å². The minimum Gasteiger partial charge on any atom is -0.492 e. The molecule has 0 fully saturated rings. The quantitative estimate of drug-likeness (QED) is 0.411. The molecule has 2 rings (SSSR count). The number of methoxy groups -OCH3 is 2. The first-order valence-electron chi connectivity index (χ1n) is 9.58. The molecule has 6 nitrogen and oxygen atoms in total. The summed E-state index contributed by atoms with van der Waals surface area (Å²) in [5.74, 6) is -1.38. The standard InChI is InChI=1S/C22H27F2IN2O4/c1-26(2)22(28)21-19(27(3)18-7-6-15(25)12-17(18)24)10-14(23)11-20(21)31-9-8-16(30-5)13-29-4/h6-7,10-12,16H,8-9,13H2,1-5H3/t16-/m1/s1. The Labute approximate surface area is 195 Å². The van der Waals surface area contributed by atoms with Crippen LogP contribution in [0.1, 0.15) is 16.8 Å². The van der Waals surface area contributed by atoms with Crippen LogP contribution in [0.3, 0.4) is 0 Å². The molecule has 0 unspecified atom stereocenters. The van der Waals surface area contributed by atoms with E-state index in [1.807, 2.05) is 22.6 Å². The predicted octanol–water partition coefficient (Wildman–Crippen LogP) is 4.47. The van der Waals surface area contributed by atoms with Gasteiger partial charge >= 0.3 is 0 Å². The number of rotatable bonds is 10. The second kappa shape index (κ2) is 11.6. The fourth-order valence-corrected chi connectivity index (χ4v) is 3.48. The van der Waals surface area contributed by atoms with Crippen molar-refractivity contribution in [3.63, 3.8) is 0 Å². The van der Waals surface area contributed by atoms with Gasteiger partial charge in [0.1, 0.15) is 22.9 Å². The van der Waals surface area contributed by atoms with E-state index in [-0.39, 0.29) is 41.3 Å². The summed E-state index contributed by atoms with van der Waals surface area (Å²) in [4.78, 5) is 15.8. The molecule has 9 heteroatoms. The van der Waals surface area contributed by atoms with Crippen molar-refractivity contribution in [1.29, 1.82) is 0 Å². The van der Waals surface area contributed by atoms with Gasteiger partial charge in [-0.1, -0.05) is 0 Å². The molecule has 0 radical (unpaired) electrons.